The van der Waals surface area contributed by atoms with Crippen LogP contribution in [0.15, 0.2) is 24.3 Å². The summed E-state index contributed by atoms with van der Waals surface area (Å²) < 4.78 is 0. The zero-order chi connectivity index (χ0) is 31.2. The molecule has 3 atom stereocenters. The Balaban J connectivity index is 0.00000155. The number of carbonyl (C=O) groups excluding carboxylic acids is 3. The summed E-state index contributed by atoms with van der Waals surface area (Å²) in [7, 11) is 0. The number of fused-ring (bicyclic) bond motifs is 2. The SMILES string of the molecule is CCC.CCCC(CC1CC(=O)c2c(C)c(C(C)(C)C)cc(-c3ccc4c(c3)CCC4)c2C1)C(CC)C(=O)CC(C)=O. The highest BCUT2D eigenvalue weighted by molar-refractivity contribution is 6.02. The van der Waals surface area contributed by atoms with Gasteiger partial charge in [-0.15, -0.1) is 0 Å². The Hall–Kier alpha value is -2.55. The van der Waals surface area contributed by atoms with Crippen LogP contribution < -0.4 is 0 Å². The molecule has 230 valence electrons. The van der Waals surface area contributed by atoms with Gasteiger partial charge in [0.05, 0.1) is 6.42 Å². The zero-order valence-corrected chi connectivity index (χ0v) is 28.0. The Morgan fingerprint density at radius 1 is 0.976 bits per heavy atom. The molecule has 0 saturated heterocycles. The van der Waals surface area contributed by atoms with E-state index >= 15 is 0 Å². The average molecular weight is 573 g/mol. The maximum Gasteiger partial charge on any atom is 0.163 e. The predicted molar refractivity (Wildman–Crippen MR) is 177 cm³/mol. The largest absolute Gasteiger partial charge is 0.300 e. The van der Waals surface area contributed by atoms with Crippen molar-refractivity contribution in [1.82, 2.24) is 0 Å². The highest BCUT2D eigenvalue weighted by Gasteiger charge is 2.35. The second-order valence-corrected chi connectivity index (χ2v) is 14.1. The molecule has 3 heteroatoms. The summed E-state index contributed by atoms with van der Waals surface area (Å²) in [4.78, 5) is 38.7. The fourth-order valence-electron chi connectivity index (χ4n) is 7.58. The van der Waals surface area contributed by atoms with E-state index in [1.807, 2.05) is 0 Å². The van der Waals surface area contributed by atoms with Crippen LogP contribution in [0.4, 0.5) is 0 Å². The van der Waals surface area contributed by atoms with Crippen molar-refractivity contribution in [3.05, 3.63) is 57.6 Å². The van der Waals surface area contributed by atoms with Crippen molar-refractivity contribution >= 4 is 17.3 Å². The van der Waals surface area contributed by atoms with E-state index in [1.54, 1.807) is 0 Å². The lowest BCUT2D eigenvalue weighted by Crippen LogP contribution is -2.30. The van der Waals surface area contributed by atoms with E-state index in [1.165, 1.54) is 53.1 Å². The van der Waals surface area contributed by atoms with Gasteiger partial charge in [-0.1, -0.05) is 92.0 Å². The third-order valence-corrected chi connectivity index (χ3v) is 9.30. The Morgan fingerprint density at radius 3 is 2.24 bits per heavy atom. The van der Waals surface area contributed by atoms with Crippen molar-refractivity contribution in [2.75, 3.05) is 0 Å². The van der Waals surface area contributed by atoms with Gasteiger partial charge in [-0.05, 0) is 109 Å². The van der Waals surface area contributed by atoms with Gasteiger partial charge in [0, 0.05) is 17.9 Å². The molecule has 0 radical (unpaired) electrons. The van der Waals surface area contributed by atoms with Crippen molar-refractivity contribution in [3.8, 4) is 11.1 Å². The van der Waals surface area contributed by atoms with Crippen LogP contribution in [-0.4, -0.2) is 17.3 Å². The number of hydrogen-bond donors (Lipinski definition) is 0. The molecule has 0 N–H and O–H groups in total. The molecule has 0 heterocycles. The Kier molecular flexibility index (Phi) is 11.9. The number of benzene rings is 2. The highest BCUT2D eigenvalue weighted by atomic mass is 16.1. The number of Topliss-reactive ketones (excluding diaryl/α,β-unsaturated/α-hetero) is 3. The van der Waals surface area contributed by atoms with E-state index < -0.39 is 0 Å². The van der Waals surface area contributed by atoms with Crippen LogP contribution in [0.5, 0.6) is 0 Å². The van der Waals surface area contributed by atoms with Gasteiger partial charge in [0.25, 0.3) is 0 Å². The van der Waals surface area contributed by atoms with Gasteiger partial charge < -0.3 is 0 Å². The van der Waals surface area contributed by atoms with Gasteiger partial charge in [-0.3, -0.25) is 14.4 Å². The third kappa shape index (κ3) is 7.88. The maximum absolute atomic E-state index is 13.9. The molecular weight excluding hydrogens is 516 g/mol. The number of hydrogen-bond acceptors (Lipinski definition) is 3. The Bertz CT molecular complexity index is 1280. The quantitative estimate of drug-likeness (QED) is 0.266. The van der Waals surface area contributed by atoms with E-state index in [0.29, 0.717) is 6.42 Å². The molecule has 42 heavy (non-hydrogen) atoms. The van der Waals surface area contributed by atoms with Gasteiger partial charge in [0.2, 0.25) is 0 Å². The molecule has 0 aromatic heterocycles. The Labute approximate surface area is 256 Å². The first kappa shape index (κ1) is 33.9. The van der Waals surface area contributed by atoms with Crippen molar-refractivity contribution in [3.63, 3.8) is 0 Å². The van der Waals surface area contributed by atoms with Crippen molar-refractivity contribution in [2.24, 2.45) is 17.8 Å². The topological polar surface area (TPSA) is 51.2 Å². The lowest BCUT2D eigenvalue weighted by molar-refractivity contribution is -0.129. The summed E-state index contributed by atoms with van der Waals surface area (Å²) in [6.45, 7) is 18.8. The standard InChI is InChI=1S/C36H48O3.C3H8/c1-8-11-27(29(9-2)33(38)16-22(3)37)17-24-18-31-30(28-15-14-25-12-10-13-26(25)20-28)21-32(36(5,6)7)23(4)35(31)34(39)19-24;1-3-2/h14-15,20-21,24,27,29H,8-13,16-19H2,1-7H3;3H2,1-2H3. The van der Waals surface area contributed by atoms with Gasteiger partial charge in [0.1, 0.15) is 11.6 Å². The minimum Gasteiger partial charge on any atom is -0.300 e. The molecule has 0 saturated carbocycles. The van der Waals surface area contributed by atoms with E-state index in [-0.39, 0.29) is 46.9 Å². The van der Waals surface area contributed by atoms with E-state index in [9.17, 15) is 14.4 Å². The molecule has 0 aliphatic heterocycles. The smallest absolute Gasteiger partial charge is 0.163 e. The van der Waals surface area contributed by atoms with Crippen LogP contribution in [0.1, 0.15) is 145 Å². The summed E-state index contributed by atoms with van der Waals surface area (Å²) in [6, 6.07) is 9.31. The molecule has 4 rings (SSSR count). The van der Waals surface area contributed by atoms with Crippen LogP contribution in [0, 0.1) is 24.7 Å². The summed E-state index contributed by atoms with van der Waals surface area (Å²) in [5, 5.41) is 0. The van der Waals surface area contributed by atoms with E-state index in [4.69, 9.17) is 0 Å². The van der Waals surface area contributed by atoms with Gasteiger partial charge >= 0.3 is 0 Å². The van der Waals surface area contributed by atoms with Gasteiger partial charge in [0.15, 0.2) is 5.78 Å². The summed E-state index contributed by atoms with van der Waals surface area (Å²) >= 11 is 0. The molecule has 0 fully saturated rings. The minimum absolute atomic E-state index is 0.0302. The first-order chi connectivity index (χ1) is 19.9. The average Bonchev–Trinajstić information content (AvgIpc) is 3.36. The van der Waals surface area contributed by atoms with Crippen molar-refractivity contribution in [1.29, 1.82) is 0 Å². The Morgan fingerprint density at radius 2 is 1.64 bits per heavy atom. The number of carbonyl (C=O) groups is 3. The fourth-order valence-corrected chi connectivity index (χ4v) is 7.58. The normalized spacial score (nSPS) is 17.5. The minimum atomic E-state index is -0.105. The molecule has 2 aliphatic carbocycles. The molecule has 0 bridgehead atoms. The van der Waals surface area contributed by atoms with Crippen LogP contribution >= 0.6 is 0 Å². The first-order valence-electron chi connectivity index (χ1n) is 16.7. The third-order valence-electron chi connectivity index (χ3n) is 9.30. The summed E-state index contributed by atoms with van der Waals surface area (Å²) in [5.41, 5.74) is 9.87. The van der Waals surface area contributed by atoms with Crippen molar-refractivity contribution in [2.45, 2.75) is 138 Å². The van der Waals surface area contributed by atoms with E-state index in [2.05, 4.69) is 79.7 Å². The van der Waals surface area contributed by atoms with E-state index in [0.717, 1.165) is 56.1 Å². The van der Waals surface area contributed by atoms with Gasteiger partial charge in [-0.2, -0.15) is 0 Å². The molecule has 2 aliphatic rings. The fraction of sp³-hybridized carbons (Fsp3) is 0.615. The monoisotopic (exact) mass is 572 g/mol. The molecule has 3 unspecified atom stereocenters. The highest BCUT2D eigenvalue weighted by Crippen LogP contribution is 2.43. The predicted octanol–water partition coefficient (Wildman–Crippen LogP) is 9.99. The lowest BCUT2D eigenvalue weighted by atomic mass is 9.69. The molecule has 0 spiro atoms. The number of ketones is 3. The molecule has 2 aromatic rings. The first-order valence-corrected chi connectivity index (χ1v) is 16.7. The second kappa shape index (κ2) is 14.8. The van der Waals surface area contributed by atoms with Crippen molar-refractivity contribution < 1.29 is 14.4 Å². The van der Waals surface area contributed by atoms with Gasteiger partial charge in [-0.25, -0.2) is 0 Å². The lowest BCUT2D eigenvalue weighted by Gasteiger charge is -2.34. The number of aryl methyl sites for hydroxylation is 2. The molecule has 2 aromatic carbocycles. The van der Waals surface area contributed by atoms with Crippen LogP contribution in [0.3, 0.4) is 0 Å². The maximum atomic E-state index is 13.9. The summed E-state index contributed by atoms with van der Waals surface area (Å²) in [6.07, 6.45) is 9.79. The van der Waals surface area contributed by atoms with Crippen LogP contribution in [0.2, 0.25) is 0 Å². The second-order valence-electron chi connectivity index (χ2n) is 14.1. The molecule has 0 amide bonds. The molecular formula is C39H56O3. The number of rotatable bonds is 10. The molecule has 3 nitrogen and oxygen atoms in total. The summed E-state index contributed by atoms with van der Waals surface area (Å²) in [5.74, 6) is 0.602. The van der Waals surface area contributed by atoms with Crippen LogP contribution in [-0.2, 0) is 34.3 Å². The zero-order valence-electron chi connectivity index (χ0n) is 28.0. The van der Waals surface area contributed by atoms with Crippen LogP contribution in [0.25, 0.3) is 11.1 Å².